The Morgan fingerprint density at radius 1 is 1.09 bits per heavy atom. The highest BCUT2D eigenvalue weighted by Gasteiger charge is 2.13. The Morgan fingerprint density at radius 3 is 2.26 bits per heavy atom. The van der Waals surface area contributed by atoms with Gasteiger partial charge in [-0.25, -0.2) is 0 Å². The SMILES string of the molecule is CC(=O)c1ccc(NC(=O)[C@@H](C)SCc2ccc(Br)cc2)cc1. The number of rotatable bonds is 6. The lowest BCUT2D eigenvalue weighted by Gasteiger charge is -2.12. The number of hydrogen-bond acceptors (Lipinski definition) is 3. The number of benzene rings is 2. The predicted octanol–water partition coefficient (Wildman–Crippen LogP) is 4.91. The van der Waals surface area contributed by atoms with E-state index in [1.807, 2.05) is 31.2 Å². The summed E-state index contributed by atoms with van der Waals surface area (Å²) >= 11 is 5.00. The molecule has 0 aliphatic carbocycles. The van der Waals surface area contributed by atoms with Gasteiger partial charge in [0.2, 0.25) is 5.91 Å². The molecule has 0 spiro atoms. The number of amides is 1. The molecule has 0 fully saturated rings. The van der Waals surface area contributed by atoms with Gasteiger partial charge in [-0.15, -0.1) is 11.8 Å². The van der Waals surface area contributed by atoms with Gasteiger partial charge in [0.15, 0.2) is 5.78 Å². The van der Waals surface area contributed by atoms with Crippen molar-refractivity contribution in [2.45, 2.75) is 24.9 Å². The van der Waals surface area contributed by atoms with Gasteiger partial charge in [0.25, 0.3) is 0 Å². The highest BCUT2D eigenvalue weighted by atomic mass is 79.9. The standard InChI is InChI=1S/C18H18BrNO2S/c1-12(21)15-5-9-17(10-6-15)20-18(22)13(2)23-11-14-3-7-16(19)8-4-14/h3-10,13H,11H2,1-2H3,(H,20,22)/t13-/m1/s1. The van der Waals surface area contributed by atoms with E-state index in [1.54, 1.807) is 36.0 Å². The summed E-state index contributed by atoms with van der Waals surface area (Å²) in [7, 11) is 0. The molecule has 0 radical (unpaired) electrons. The van der Waals surface area contributed by atoms with Crippen LogP contribution in [0.2, 0.25) is 0 Å². The highest BCUT2D eigenvalue weighted by Crippen LogP contribution is 2.21. The van der Waals surface area contributed by atoms with Gasteiger partial charge in [-0.2, -0.15) is 0 Å². The first-order valence-corrected chi connectivity index (χ1v) is 9.08. The van der Waals surface area contributed by atoms with Crippen LogP contribution in [-0.4, -0.2) is 16.9 Å². The molecule has 1 amide bonds. The zero-order valence-corrected chi connectivity index (χ0v) is 15.4. The van der Waals surface area contributed by atoms with Crippen molar-refractivity contribution in [3.8, 4) is 0 Å². The second kappa shape index (κ2) is 8.31. The number of carbonyl (C=O) groups excluding carboxylic acids is 2. The Morgan fingerprint density at radius 2 is 1.70 bits per heavy atom. The van der Waals surface area contributed by atoms with Crippen LogP contribution >= 0.6 is 27.7 Å². The van der Waals surface area contributed by atoms with Crippen LogP contribution in [-0.2, 0) is 10.5 Å². The van der Waals surface area contributed by atoms with E-state index in [9.17, 15) is 9.59 Å². The Kier molecular flexibility index (Phi) is 6.42. The maximum Gasteiger partial charge on any atom is 0.237 e. The molecule has 2 rings (SSSR count). The average Bonchev–Trinajstić information content (AvgIpc) is 2.54. The van der Waals surface area contributed by atoms with Gasteiger partial charge in [-0.1, -0.05) is 28.1 Å². The van der Waals surface area contributed by atoms with E-state index in [4.69, 9.17) is 0 Å². The van der Waals surface area contributed by atoms with Crippen LogP contribution < -0.4 is 5.32 Å². The van der Waals surface area contributed by atoms with E-state index in [1.165, 1.54) is 12.5 Å². The summed E-state index contributed by atoms with van der Waals surface area (Å²) in [5, 5.41) is 2.71. The zero-order chi connectivity index (χ0) is 16.8. The molecule has 2 aromatic rings. The lowest BCUT2D eigenvalue weighted by atomic mass is 10.1. The Hall–Kier alpha value is -1.59. The minimum absolute atomic E-state index is 0.0151. The summed E-state index contributed by atoms with van der Waals surface area (Å²) < 4.78 is 1.05. The average molecular weight is 392 g/mol. The van der Waals surface area contributed by atoms with E-state index in [2.05, 4.69) is 21.2 Å². The third-order valence-corrected chi connectivity index (χ3v) is 5.08. The third kappa shape index (κ3) is 5.52. The van der Waals surface area contributed by atoms with E-state index in [0.29, 0.717) is 11.3 Å². The normalized spacial score (nSPS) is 11.8. The van der Waals surface area contributed by atoms with Crippen LogP contribution in [0.1, 0.15) is 29.8 Å². The summed E-state index contributed by atoms with van der Waals surface area (Å²) in [6, 6.07) is 15.0. The molecule has 0 aliphatic rings. The van der Waals surface area contributed by atoms with Crippen LogP contribution in [0.15, 0.2) is 53.0 Å². The van der Waals surface area contributed by atoms with Gasteiger partial charge in [0.05, 0.1) is 5.25 Å². The number of hydrogen-bond donors (Lipinski definition) is 1. The molecular weight excluding hydrogens is 374 g/mol. The molecule has 2 aromatic carbocycles. The fraction of sp³-hybridized carbons (Fsp3) is 0.222. The van der Waals surface area contributed by atoms with Crippen LogP contribution in [0, 0.1) is 0 Å². The zero-order valence-electron chi connectivity index (χ0n) is 13.0. The second-order valence-corrected chi connectivity index (χ2v) is 7.45. The Bertz CT molecular complexity index is 683. The molecular formula is C18H18BrNO2S. The molecule has 0 saturated heterocycles. The van der Waals surface area contributed by atoms with Crippen LogP contribution in [0.5, 0.6) is 0 Å². The second-order valence-electron chi connectivity index (χ2n) is 5.20. The van der Waals surface area contributed by atoms with E-state index >= 15 is 0 Å². The highest BCUT2D eigenvalue weighted by molar-refractivity contribution is 9.10. The fourth-order valence-electron chi connectivity index (χ4n) is 1.91. The maximum absolute atomic E-state index is 12.2. The van der Waals surface area contributed by atoms with Gasteiger partial charge < -0.3 is 5.32 Å². The minimum Gasteiger partial charge on any atom is -0.325 e. The van der Waals surface area contributed by atoms with Gasteiger partial charge in [-0.05, 0) is 55.8 Å². The molecule has 23 heavy (non-hydrogen) atoms. The van der Waals surface area contributed by atoms with Crippen LogP contribution in [0.3, 0.4) is 0 Å². The summed E-state index contributed by atoms with van der Waals surface area (Å²) in [6.45, 7) is 3.41. The number of carbonyl (C=O) groups is 2. The van der Waals surface area contributed by atoms with Crippen molar-refractivity contribution in [1.29, 1.82) is 0 Å². The Balaban J connectivity index is 1.86. The van der Waals surface area contributed by atoms with Gasteiger partial charge in [0, 0.05) is 21.5 Å². The number of thioether (sulfide) groups is 1. The summed E-state index contributed by atoms with van der Waals surface area (Å²) in [6.07, 6.45) is 0. The molecule has 1 N–H and O–H groups in total. The summed E-state index contributed by atoms with van der Waals surface area (Å²) in [5.41, 5.74) is 2.53. The van der Waals surface area contributed by atoms with Crippen molar-refractivity contribution in [1.82, 2.24) is 0 Å². The first-order valence-electron chi connectivity index (χ1n) is 7.23. The van der Waals surface area contributed by atoms with Crippen molar-refractivity contribution in [3.05, 3.63) is 64.1 Å². The van der Waals surface area contributed by atoms with Crippen molar-refractivity contribution >= 4 is 45.1 Å². The van der Waals surface area contributed by atoms with Gasteiger partial charge >= 0.3 is 0 Å². The van der Waals surface area contributed by atoms with Crippen molar-refractivity contribution in [2.24, 2.45) is 0 Å². The van der Waals surface area contributed by atoms with Crippen LogP contribution in [0.4, 0.5) is 5.69 Å². The smallest absolute Gasteiger partial charge is 0.237 e. The molecule has 1 atom stereocenters. The van der Waals surface area contributed by atoms with Crippen molar-refractivity contribution in [3.63, 3.8) is 0 Å². The number of halogens is 1. The molecule has 0 heterocycles. The largest absolute Gasteiger partial charge is 0.325 e. The van der Waals surface area contributed by atoms with E-state index in [0.717, 1.165) is 10.2 Å². The topological polar surface area (TPSA) is 46.2 Å². The number of Topliss-reactive ketones (excluding diaryl/α,β-unsaturated/α-hetero) is 1. The molecule has 120 valence electrons. The summed E-state index contributed by atoms with van der Waals surface area (Å²) in [5.74, 6) is 0.759. The first kappa shape index (κ1) is 17.8. The quantitative estimate of drug-likeness (QED) is 0.711. The van der Waals surface area contributed by atoms with E-state index in [-0.39, 0.29) is 16.9 Å². The molecule has 0 unspecified atom stereocenters. The third-order valence-electron chi connectivity index (χ3n) is 3.34. The summed E-state index contributed by atoms with van der Waals surface area (Å²) in [4.78, 5) is 23.4. The minimum atomic E-state index is -0.161. The fourth-order valence-corrected chi connectivity index (χ4v) is 3.02. The lowest BCUT2D eigenvalue weighted by Crippen LogP contribution is -2.22. The number of anilines is 1. The number of ketones is 1. The van der Waals surface area contributed by atoms with Gasteiger partial charge in [-0.3, -0.25) is 9.59 Å². The van der Waals surface area contributed by atoms with Gasteiger partial charge in [0.1, 0.15) is 0 Å². The first-order chi connectivity index (χ1) is 11.0. The molecule has 5 heteroatoms. The van der Waals surface area contributed by atoms with Crippen molar-refractivity contribution in [2.75, 3.05) is 5.32 Å². The maximum atomic E-state index is 12.2. The molecule has 0 aliphatic heterocycles. The van der Waals surface area contributed by atoms with Crippen LogP contribution in [0.25, 0.3) is 0 Å². The van der Waals surface area contributed by atoms with E-state index < -0.39 is 0 Å². The lowest BCUT2D eigenvalue weighted by molar-refractivity contribution is -0.115. The number of nitrogens with one attached hydrogen (secondary N) is 1. The Labute approximate surface area is 149 Å². The molecule has 0 aromatic heterocycles. The predicted molar refractivity (Wildman–Crippen MR) is 100.0 cm³/mol. The van der Waals surface area contributed by atoms with Crippen molar-refractivity contribution < 1.29 is 9.59 Å². The monoisotopic (exact) mass is 391 g/mol. The molecule has 3 nitrogen and oxygen atoms in total. The molecule has 0 bridgehead atoms. The molecule has 0 saturated carbocycles.